The number of benzene rings is 1. The van der Waals surface area contributed by atoms with Crippen LogP contribution >= 0.6 is 0 Å². The SMILES string of the molecule is COCC(=O)c1cc(OC)c(OC)cc1OC. The minimum absolute atomic E-state index is 0.00809. The number of rotatable bonds is 6. The zero-order chi connectivity index (χ0) is 12.8. The van der Waals surface area contributed by atoms with E-state index in [-0.39, 0.29) is 12.4 Å². The van der Waals surface area contributed by atoms with Gasteiger partial charge in [0, 0.05) is 13.2 Å². The Morgan fingerprint density at radius 3 is 1.94 bits per heavy atom. The topological polar surface area (TPSA) is 54.0 Å². The maximum atomic E-state index is 11.8. The Labute approximate surface area is 100 Å². The van der Waals surface area contributed by atoms with Crippen molar-refractivity contribution in [2.75, 3.05) is 35.0 Å². The molecule has 1 aromatic rings. The van der Waals surface area contributed by atoms with E-state index in [0.717, 1.165) is 0 Å². The summed E-state index contributed by atoms with van der Waals surface area (Å²) in [5, 5.41) is 0. The van der Waals surface area contributed by atoms with E-state index in [1.54, 1.807) is 12.1 Å². The van der Waals surface area contributed by atoms with Crippen molar-refractivity contribution in [1.29, 1.82) is 0 Å². The Kier molecular flexibility index (Phi) is 4.78. The third-order valence-electron chi connectivity index (χ3n) is 2.28. The summed E-state index contributed by atoms with van der Waals surface area (Å²) in [4.78, 5) is 11.8. The van der Waals surface area contributed by atoms with E-state index in [1.165, 1.54) is 28.4 Å². The van der Waals surface area contributed by atoms with E-state index in [4.69, 9.17) is 18.9 Å². The molecule has 5 nitrogen and oxygen atoms in total. The molecule has 0 N–H and O–H groups in total. The monoisotopic (exact) mass is 240 g/mol. The summed E-state index contributed by atoms with van der Waals surface area (Å²) in [6.45, 7) is -0.00809. The van der Waals surface area contributed by atoms with E-state index in [1.807, 2.05) is 0 Å². The third kappa shape index (κ3) is 2.88. The first-order valence-electron chi connectivity index (χ1n) is 5.00. The molecule has 1 rings (SSSR count). The van der Waals surface area contributed by atoms with E-state index < -0.39 is 0 Å². The lowest BCUT2D eigenvalue weighted by molar-refractivity contribution is 0.0844. The molecule has 0 heterocycles. The van der Waals surface area contributed by atoms with Crippen molar-refractivity contribution < 1.29 is 23.7 Å². The molecule has 0 aliphatic carbocycles. The molecule has 0 radical (unpaired) electrons. The second-order valence-corrected chi connectivity index (χ2v) is 3.26. The van der Waals surface area contributed by atoms with Crippen LogP contribution in [0.5, 0.6) is 17.2 Å². The van der Waals surface area contributed by atoms with Crippen LogP contribution in [0, 0.1) is 0 Å². The van der Waals surface area contributed by atoms with Crippen molar-refractivity contribution in [3.8, 4) is 17.2 Å². The van der Waals surface area contributed by atoms with E-state index in [2.05, 4.69) is 0 Å². The molecule has 0 spiro atoms. The quantitative estimate of drug-likeness (QED) is 0.706. The number of ether oxygens (including phenoxy) is 4. The van der Waals surface area contributed by atoms with Crippen molar-refractivity contribution in [1.82, 2.24) is 0 Å². The summed E-state index contributed by atoms with van der Waals surface area (Å²) >= 11 is 0. The molecule has 0 saturated heterocycles. The van der Waals surface area contributed by atoms with Crippen LogP contribution in [0.2, 0.25) is 0 Å². The number of hydrogen-bond donors (Lipinski definition) is 0. The van der Waals surface area contributed by atoms with Gasteiger partial charge in [-0.1, -0.05) is 0 Å². The van der Waals surface area contributed by atoms with Crippen LogP contribution in [0.25, 0.3) is 0 Å². The second kappa shape index (κ2) is 6.10. The maximum absolute atomic E-state index is 11.8. The van der Waals surface area contributed by atoms with Crippen LogP contribution < -0.4 is 14.2 Å². The smallest absolute Gasteiger partial charge is 0.192 e. The molecular formula is C12H16O5. The number of carbonyl (C=O) groups is 1. The highest BCUT2D eigenvalue weighted by Gasteiger charge is 2.17. The van der Waals surface area contributed by atoms with Gasteiger partial charge in [-0.05, 0) is 6.07 Å². The van der Waals surface area contributed by atoms with Crippen LogP contribution in [0.1, 0.15) is 10.4 Å². The summed E-state index contributed by atoms with van der Waals surface area (Å²) in [5.74, 6) is 1.25. The van der Waals surface area contributed by atoms with Gasteiger partial charge in [0.15, 0.2) is 17.3 Å². The average Bonchev–Trinajstić information content (AvgIpc) is 2.37. The first-order valence-corrected chi connectivity index (χ1v) is 5.00. The van der Waals surface area contributed by atoms with Gasteiger partial charge < -0.3 is 18.9 Å². The van der Waals surface area contributed by atoms with Gasteiger partial charge in [-0.15, -0.1) is 0 Å². The van der Waals surface area contributed by atoms with Crippen molar-refractivity contribution >= 4 is 5.78 Å². The van der Waals surface area contributed by atoms with E-state index in [9.17, 15) is 4.79 Å². The minimum Gasteiger partial charge on any atom is -0.496 e. The van der Waals surface area contributed by atoms with Crippen molar-refractivity contribution in [3.05, 3.63) is 17.7 Å². The zero-order valence-corrected chi connectivity index (χ0v) is 10.4. The molecule has 0 aromatic heterocycles. The first-order chi connectivity index (χ1) is 8.17. The number of methoxy groups -OCH3 is 4. The molecule has 0 aliphatic rings. The Morgan fingerprint density at radius 2 is 1.47 bits per heavy atom. The molecule has 0 fully saturated rings. The molecule has 0 amide bonds. The largest absolute Gasteiger partial charge is 0.496 e. The highest BCUT2D eigenvalue weighted by molar-refractivity contribution is 6.00. The molecule has 0 unspecified atom stereocenters. The first kappa shape index (κ1) is 13.3. The highest BCUT2D eigenvalue weighted by Crippen LogP contribution is 2.34. The summed E-state index contributed by atoms with van der Waals surface area (Å²) in [6, 6.07) is 3.20. The molecule has 0 atom stereocenters. The summed E-state index contributed by atoms with van der Waals surface area (Å²) in [6.07, 6.45) is 0. The summed E-state index contributed by atoms with van der Waals surface area (Å²) < 4.78 is 20.2. The molecule has 17 heavy (non-hydrogen) atoms. The minimum atomic E-state index is -0.176. The summed E-state index contributed by atoms with van der Waals surface area (Å²) in [5.41, 5.74) is 0.409. The molecule has 1 aromatic carbocycles. The molecule has 0 aliphatic heterocycles. The normalized spacial score (nSPS) is 9.88. The Balaban J connectivity index is 3.23. The molecule has 0 bridgehead atoms. The highest BCUT2D eigenvalue weighted by atomic mass is 16.5. The van der Waals surface area contributed by atoms with Crippen LogP contribution in [-0.4, -0.2) is 40.8 Å². The number of ketones is 1. The standard InChI is InChI=1S/C12H16O5/c1-14-7-9(13)8-5-11(16-3)12(17-4)6-10(8)15-2/h5-6H,7H2,1-4H3. The van der Waals surface area contributed by atoms with Crippen molar-refractivity contribution in [2.24, 2.45) is 0 Å². The van der Waals surface area contributed by atoms with Crippen molar-refractivity contribution in [3.63, 3.8) is 0 Å². The fourth-order valence-corrected chi connectivity index (χ4v) is 1.46. The number of Topliss-reactive ketones (excluding diaryl/α,β-unsaturated/α-hetero) is 1. The predicted molar refractivity (Wildman–Crippen MR) is 62.3 cm³/mol. The van der Waals surface area contributed by atoms with Crippen LogP contribution in [0.15, 0.2) is 12.1 Å². The second-order valence-electron chi connectivity index (χ2n) is 3.26. The van der Waals surface area contributed by atoms with E-state index in [0.29, 0.717) is 22.8 Å². The fourth-order valence-electron chi connectivity index (χ4n) is 1.46. The zero-order valence-electron chi connectivity index (χ0n) is 10.4. The molecule has 94 valence electrons. The van der Waals surface area contributed by atoms with Crippen LogP contribution in [0.4, 0.5) is 0 Å². The lowest BCUT2D eigenvalue weighted by Crippen LogP contribution is -2.09. The summed E-state index contributed by atoms with van der Waals surface area (Å²) in [7, 11) is 5.98. The molecule has 5 heteroatoms. The maximum Gasteiger partial charge on any atom is 0.192 e. The molecule has 0 saturated carbocycles. The van der Waals surface area contributed by atoms with Gasteiger partial charge in [-0.25, -0.2) is 0 Å². The van der Waals surface area contributed by atoms with Gasteiger partial charge in [0.25, 0.3) is 0 Å². The molecular weight excluding hydrogens is 224 g/mol. The van der Waals surface area contributed by atoms with Gasteiger partial charge in [0.05, 0.1) is 26.9 Å². The van der Waals surface area contributed by atoms with Gasteiger partial charge in [0.2, 0.25) is 0 Å². The Bertz CT molecular complexity index is 400. The average molecular weight is 240 g/mol. The van der Waals surface area contributed by atoms with Crippen molar-refractivity contribution in [2.45, 2.75) is 0 Å². The lowest BCUT2D eigenvalue weighted by atomic mass is 10.1. The predicted octanol–water partition coefficient (Wildman–Crippen LogP) is 1.54. The van der Waals surface area contributed by atoms with Gasteiger partial charge in [-0.3, -0.25) is 4.79 Å². The van der Waals surface area contributed by atoms with Crippen LogP contribution in [-0.2, 0) is 4.74 Å². The Morgan fingerprint density at radius 1 is 0.941 bits per heavy atom. The third-order valence-corrected chi connectivity index (χ3v) is 2.28. The fraction of sp³-hybridized carbons (Fsp3) is 0.417. The van der Waals surface area contributed by atoms with Gasteiger partial charge in [0.1, 0.15) is 12.4 Å². The van der Waals surface area contributed by atoms with Gasteiger partial charge >= 0.3 is 0 Å². The van der Waals surface area contributed by atoms with Crippen LogP contribution in [0.3, 0.4) is 0 Å². The lowest BCUT2D eigenvalue weighted by Gasteiger charge is -2.13. The Hall–Kier alpha value is -1.75. The number of carbonyl (C=O) groups excluding carboxylic acids is 1. The van der Waals surface area contributed by atoms with Gasteiger partial charge in [-0.2, -0.15) is 0 Å². The number of hydrogen-bond acceptors (Lipinski definition) is 5. The van der Waals surface area contributed by atoms with E-state index >= 15 is 0 Å².